The lowest BCUT2D eigenvalue weighted by atomic mass is 9.93. The summed E-state index contributed by atoms with van der Waals surface area (Å²) in [5, 5.41) is 3.08. The Morgan fingerprint density at radius 2 is 2.30 bits per heavy atom. The van der Waals surface area contributed by atoms with Gasteiger partial charge in [0.2, 0.25) is 0 Å². The molecule has 1 aliphatic rings. The minimum Gasteiger partial charge on any atom is -0.376 e. The SMILES string of the molecule is CC1OCCC1(C)NC(=O)c1ccccc1C#CCN. The third-order valence-corrected chi connectivity index (χ3v) is 3.78. The predicted octanol–water partition coefficient (Wildman–Crippen LogP) is 1.29. The molecule has 20 heavy (non-hydrogen) atoms. The van der Waals surface area contributed by atoms with Crippen LogP contribution in [0.3, 0.4) is 0 Å². The van der Waals surface area contributed by atoms with Gasteiger partial charge in [-0.15, -0.1) is 0 Å². The third-order valence-electron chi connectivity index (χ3n) is 3.78. The summed E-state index contributed by atoms with van der Waals surface area (Å²) < 4.78 is 5.54. The molecular weight excluding hydrogens is 252 g/mol. The highest BCUT2D eigenvalue weighted by atomic mass is 16.5. The Morgan fingerprint density at radius 1 is 1.55 bits per heavy atom. The van der Waals surface area contributed by atoms with Crippen molar-refractivity contribution in [3.63, 3.8) is 0 Å². The number of hydrogen-bond acceptors (Lipinski definition) is 3. The fourth-order valence-corrected chi connectivity index (χ4v) is 2.26. The maximum Gasteiger partial charge on any atom is 0.253 e. The fraction of sp³-hybridized carbons (Fsp3) is 0.438. The van der Waals surface area contributed by atoms with Crippen LogP contribution in [0.1, 0.15) is 36.2 Å². The number of carbonyl (C=O) groups excluding carboxylic acids is 1. The van der Waals surface area contributed by atoms with Gasteiger partial charge in [0.15, 0.2) is 0 Å². The van der Waals surface area contributed by atoms with Gasteiger partial charge in [-0.3, -0.25) is 4.79 Å². The highest BCUT2D eigenvalue weighted by Crippen LogP contribution is 2.25. The number of nitrogens with two attached hydrogens (primary N) is 1. The molecule has 0 saturated carbocycles. The molecule has 0 bridgehead atoms. The smallest absolute Gasteiger partial charge is 0.253 e. The van der Waals surface area contributed by atoms with Gasteiger partial charge in [-0.25, -0.2) is 0 Å². The van der Waals surface area contributed by atoms with Gasteiger partial charge in [-0.1, -0.05) is 24.0 Å². The lowest BCUT2D eigenvalue weighted by Crippen LogP contribution is -2.50. The van der Waals surface area contributed by atoms with Crippen molar-refractivity contribution in [2.75, 3.05) is 13.2 Å². The van der Waals surface area contributed by atoms with Gasteiger partial charge in [0.25, 0.3) is 5.91 Å². The van der Waals surface area contributed by atoms with E-state index in [1.165, 1.54) is 0 Å². The number of benzene rings is 1. The van der Waals surface area contributed by atoms with Gasteiger partial charge >= 0.3 is 0 Å². The average Bonchev–Trinajstić information content (AvgIpc) is 2.76. The van der Waals surface area contributed by atoms with E-state index in [1.807, 2.05) is 32.0 Å². The van der Waals surface area contributed by atoms with Crippen LogP contribution in [0, 0.1) is 11.8 Å². The number of rotatable bonds is 2. The number of ether oxygens (including phenoxy) is 1. The van der Waals surface area contributed by atoms with Gasteiger partial charge in [0.1, 0.15) is 0 Å². The van der Waals surface area contributed by atoms with Crippen LogP contribution >= 0.6 is 0 Å². The lowest BCUT2D eigenvalue weighted by molar-refractivity contribution is 0.0727. The molecule has 2 atom stereocenters. The van der Waals surface area contributed by atoms with Crippen LogP contribution in [0.25, 0.3) is 0 Å². The molecule has 0 radical (unpaired) electrons. The number of amides is 1. The van der Waals surface area contributed by atoms with Gasteiger partial charge in [0, 0.05) is 12.2 Å². The molecule has 1 aromatic carbocycles. The molecule has 1 saturated heterocycles. The molecule has 1 aliphatic heterocycles. The van der Waals surface area contributed by atoms with Gasteiger partial charge < -0.3 is 15.8 Å². The molecule has 1 heterocycles. The molecule has 4 heteroatoms. The van der Waals surface area contributed by atoms with Crippen LogP contribution in [-0.2, 0) is 4.74 Å². The lowest BCUT2D eigenvalue weighted by Gasteiger charge is -2.29. The monoisotopic (exact) mass is 272 g/mol. The molecular formula is C16H20N2O2. The quantitative estimate of drug-likeness (QED) is 0.797. The molecule has 106 valence electrons. The first-order chi connectivity index (χ1) is 9.57. The van der Waals surface area contributed by atoms with Crippen molar-refractivity contribution in [2.45, 2.75) is 31.9 Å². The second kappa shape index (κ2) is 6.08. The van der Waals surface area contributed by atoms with Crippen molar-refractivity contribution in [2.24, 2.45) is 5.73 Å². The topological polar surface area (TPSA) is 64.3 Å². The molecule has 1 amide bonds. The highest BCUT2D eigenvalue weighted by Gasteiger charge is 2.38. The fourth-order valence-electron chi connectivity index (χ4n) is 2.26. The summed E-state index contributed by atoms with van der Waals surface area (Å²) in [6, 6.07) is 7.30. The van der Waals surface area contributed by atoms with E-state index < -0.39 is 0 Å². The van der Waals surface area contributed by atoms with E-state index in [2.05, 4.69) is 17.2 Å². The van der Waals surface area contributed by atoms with Crippen LogP contribution < -0.4 is 11.1 Å². The zero-order valence-electron chi connectivity index (χ0n) is 11.9. The molecule has 4 nitrogen and oxygen atoms in total. The summed E-state index contributed by atoms with van der Waals surface area (Å²) in [6.07, 6.45) is 0.824. The van der Waals surface area contributed by atoms with Crippen molar-refractivity contribution < 1.29 is 9.53 Å². The van der Waals surface area contributed by atoms with Crippen LogP contribution in [0.4, 0.5) is 0 Å². The third kappa shape index (κ3) is 3.01. The Kier molecular flexibility index (Phi) is 4.43. The second-order valence-corrected chi connectivity index (χ2v) is 5.19. The van der Waals surface area contributed by atoms with Crippen LogP contribution in [0.15, 0.2) is 24.3 Å². The Bertz CT molecular complexity index is 559. The summed E-state index contributed by atoms with van der Waals surface area (Å²) >= 11 is 0. The molecule has 1 aromatic rings. The molecule has 2 unspecified atom stereocenters. The molecule has 0 aromatic heterocycles. The van der Waals surface area contributed by atoms with Crippen molar-refractivity contribution in [1.29, 1.82) is 0 Å². The molecule has 0 spiro atoms. The van der Waals surface area contributed by atoms with E-state index >= 15 is 0 Å². The molecule has 0 aliphatic carbocycles. The second-order valence-electron chi connectivity index (χ2n) is 5.19. The van der Waals surface area contributed by atoms with E-state index in [1.54, 1.807) is 6.07 Å². The number of nitrogens with one attached hydrogen (secondary N) is 1. The Morgan fingerprint density at radius 3 is 2.95 bits per heavy atom. The highest BCUT2D eigenvalue weighted by molar-refractivity contribution is 5.97. The van der Waals surface area contributed by atoms with Crippen molar-refractivity contribution >= 4 is 5.91 Å². The van der Waals surface area contributed by atoms with Gasteiger partial charge in [-0.05, 0) is 32.4 Å². The predicted molar refractivity (Wildman–Crippen MR) is 78.3 cm³/mol. The summed E-state index contributed by atoms with van der Waals surface area (Å²) in [6.45, 7) is 4.94. The van der Waals surface area contributed by atoms with Gasteiger partial charge in [-0.2, -0.15) is 0 Å². The summed E-state index contributed by atoms with van der Waals surface area (Å²) in [7, 11) is 0. The van der Waals surface area contributed by atoms with E-state index in [9.17, 15) is 4.79 Å². The van der Waals surface area contributed by atoms with Crippen molar-refractivity contribution in [1.82, 2.24) is 5.32 Å². The van der Waals surface area contributed by atoms with Crippen LogP contribution in [-0.4, -0.2) is 30.7 Å². The van der Waals surface area contributed by atoms with E-state index in [0.717, 1.165) is 6.42 Å². The normalized spacial score (nSPS) is 24.9. The van der Waals surface area contributed by atoms with Crippen molar-refractivity contribution in [3.8, 4) is 11.8 Å². The number of hydrogen-bond donors (Lipinski definition) is 2. The molecule has 1 fully saturated rings. The molecule has 3 N–H and O–H groups in total. The Labute approximate surface area is 119 Å². The van der Waals surface area contributed by atoms with Gasteiger partial charge in [0.05, 0.1) is 23.8 Å². The Hall–Kier alpha value is -1.83. The minimum absolute atomic E-state index is 0.00809. The molecule has 2 rings (SSSR count). The summed E-state index contributed by atoms with van der Waals surface area (Å²) in [4.78, 5) is 12.5. The van der Waals surface area contributed by atoms with Crippen molar-refractivity contribution in [3.05, 3.63) is 35.4 Å². The standard InChI is InChI=1S/C16H20N2O2/c1-12-16(2,9-11-20-12)18-15(19)14-8-4-3-6-13(14)7-5-10-17/h3-4,6,8,12H,9-11,17H2,1-2H3,(H,18,19). The maximum atomic E-state index is 12.5. The van der Waals surface area contributed by atoms with Crippen LogP contribution in [0.2, 0.25) is 0 Å². The minimum atomic E-state index is -0.328. The first kappa shape index (κ1) is 14.6. The van der Waals surface area contributed by atoms with E-state index in [4.69, 9.17) is 10.5 Å². The van der Waals surface area contributed by atoms with Crippen LogP contribution in [0.5, 0.6) is 0 Å². The largest absolute Gasteiger partial charge is 0.376 e. The summed E-state index contributed by atoms with van der Waals surface area (Å²) in [5.74, 6) is 5.60. The first-order valence-corrected chi connectivity index (χ1v) is 6.79. The maximum absolute atomic E-state index is 12.5. The zero-order chi connectivity index (χ0) is 14.6. The van der Waals surface area contributed by atoms with E-state index in [-0.39, 0.29) is 24.1 Å². The zero-order valence-corrected chi connectivity index (χ0v) is 11.9. The Balaban J connectivity index is 2.21. The summed E-state index contributed by atoms with van der Waals surface area (Å²) in [5.41, 5.74) is 6.33. The average molecular weight is 272 g/mol. The van der Waals surface area contributed by atoms with E-state index in [0.29, 0.717) is 17.7 Å². The number of carbonyl (C=O) groups is 1. The first-order valence-electron chi connectivity index (χ1n) is 6.79.